The summed E-state index contributed by atoms with van der Waals surface area (Å²) in [6.45, 7) is 0.0318. The molecule has 0 aliphatic rings. The molecular weight excluding hydrogens is 243 g/mol. The summed E-state index contributed by atoms with van der Waals surface area (Å²) < 4.78 is 45.0. The average Bonchev–Trinajstić information content (AvgIpc) is 2.36. The molecule has 2 rings (SSSR count). The van der Waals surface area contributed by atoms with Gasteiger partial charge in [-0.05, 0) is 18.2 Å². The normalized spacial score (nSPS) is 10.4. The van der Waals surface area contributed by atoms with Gasteiger partial charge in [-0.2, -0.15) is 0 Å². The molecule has 0 aromatic heterocycles. The Hall–Kier alpha value is -2.01. The van der Waals surface area contributed by atoms with E-state index in [1.807, 2.05) is 0 Å². The van der Waals surface area contributed by atoms with E-state index in [4.69, 9.17) is 10.5 Å². The molecule has 2 N–H and O–H groups in total. The minimum absolute atomic E-state index is 0.0318. The van der Waals surface area contributed by atoms with Gasteiger partial charge < -0.3 is 10.5 Å². The Morgan fingerprint density at radius 1 is 1.00 bits per heavy atom. The molecule has 0 unspecified atom stereocenters. The van der Waals surface area contributed by atoms with Crippen LogP contribution in [-0.4, -0.2) is 0 Å². The van der Waals surface area contributed by atoms with Crippen LogP contribution in [0.4, 0.5) is 13.2 Å². The minimum Gasteiger partial charge on any atom is -0.451 e. The summed E-state index contributed by atoms with van der Waals surface area (Å²) in [5, 5.41) is 0. The first-order chi connectivity index (χ1) is 8.61. The van der Waals surface area contributed by atoms with Crippen molar-refractivity contribution in [1.29, 1.82) is 0 Å². The minimum atomic E-state index is -0.775. The third-order valence-electron chi connectivity index (χ3n) is 2.37. The summed E-state index contributed by atoms with van der Waals surface area (Å²) >= 11 is 0. The fraction of sp³-hybridized carbons (Fsp3) is 0.0769. The summed E-state index contributed by atoms with van der Waals surface area (Å²) in [6, 6.07) is 6.89. The molecular formula is C13H10F3NO. The Labute approximate surface area is 102 Å². The Morgan fingerprint density at radius 2 is 1.78 bits per heavy atom. The summed E-state index contributed by atoms with van der Waals surface area (Å²) in [5.41, 5.74) is 5.80. The van der Waals surface area contributed by atoms with Crippen LogP contribution in [0.25, 0.3) is 0 Å². The zero-order valence-corrected chi connectivity index (χ0v) is 9.29. The van der Waals surface area contributed by atoms with Crippen LogP contribution >= 0.6 is 0 Å². The standard InChI is InChI=1S/C13H10F3NO/c14-9-4-5-10(15)12(6-9)18-13-8(7-17)2-1-3-11(13)16/h1-6H,7,17H2. The predicted octanol–water partition coefficient (Wildman–Crippen LogP) is 3.35. The first-order valence-corrected chi connectivity index (χ1v) is 5.22. The molecule has 94 valence electrons. The summed E-state index contributed by atoms with van der Waals surface area (Å²) in [4.78, 5) is 0. The van der Waals surface area contributed by atoms with E-state index < -0.39 is 17.5 Å². The van der Waals surface area contributed by atoms with Gasteiger partial charge in [0.2, 0.25) is 0 Å². The second-order valence-electron chi connectivity index (χ2n) is 3.61. The van der Waals surface area contributed by atoms with Crippen molar-refractivity contribution in [2.75, 3.05) is 0 Å². The van der Waals surface area contributed by atoms with E-state index in [1.54, 1.807) is 6.07 Å². The van der Waals surface area contributed by atoms with Crippen LogP contribution in [-0.2, 0) is 6.54 Å². The van der Waals surface area contributed by atoms with Crippen molar-refractivity contribution in [2.24, 2.45) is 5.73 Å². The Kier molecular flexibility index (Phi) is 3.53. The van der Waals surface area contributed by atoms with Crippen molar-refractivity contribution < 1.29 is 17.9 Å². The number of benzene rings is 2. The molecule has 0 atom stereocenters. The molecule has 0 aliphatic carbocycles. The lowest BCUT2D eigenvalue weighted by atomic mass is 10.2. The summed E-state index contributed by atoms with van der Waals surface area (Å²) in [5.74, 6) is -2.69. The van der Waals surface area contributed by atoms with Gasteiger partial charge in [0, 0.05) is 18.2 Å². The number of hydrogen-bond acceptors (Lipinski definition) is 2. The molecule has 2 nitrogen and oxygen atoms in total. The van der Waals surface area contributed by atoms with Crippen LogP contribution < -0.4 is 10.5 Å². The maximum Gasteiger partial charge on any atom is 0.167 e. The third-order valence-corrected chi connectivity index (χ3v) is 2.37. The van der Waals surface area contributed by atoms with Gasteiger partial charge in [-0.15, -0.1) is 0 Å². The monoisotopic (exact) mass is 253 g/mol. The van der Waals surface area contributed by atoms with E-state index in [1.165, 1.54) is 6.07 Å². The number of ether oxygens (including phenoxy) is 1. The number of hydrogen-bond donors (Lipinski definition) is 1. The molecule has 5 heteroatoms. The predicted molar refractivity (Wildman–Crippen MR) is 60.7 cm³/mol. The van der Waals surface area contributed by atoms with Gasteiger partial charge in [0.25, 0.3) is 0 Å². The highest BCUT2D eigenvalue weighted by Crippen LogP contribution is 2.30. The quantitative estimate of drug-likeness (QED) is 0.910. The average molecular weight is 253 g/mol. The highest BCUT2D eigenvalue weighted by molar-refractivity contribution is 5.39. The molecule has 0 saturated heterocycles. The van der Waals surface area contributed by atoms with Crippen LogP contribution in [0.3, 0.4) is 0 Å². The largest absolute Gasteiger partial charge is 0.451 e. The molecule has 0 bridgehead atoms. The number of para-hydroxylation sites is 1. The molecule has 0 fully saturated rings. The van der Waals surface area contributed by atoms with E-state index >= 15 is 0 Å². The second kappa shape index (κ2) is 5.10. The van der Waals surface area contributed by atoms with Gasteiger partial charge in [0.05, 0.1) is 0 Å². The lowest BCUT2D eigenvalue weighted by Crippen LogP contribution is -2.02. The Bertz CT molecular complexity index is 572. The van der Waals surface area contributed by atoms with Crippen molar-refractivity contribution in [3.63, 3.8) is 0 Å². The topological polar surface area (TPSA) is 35.2 Å². The first kappa shape index (κ1) is 12.4. The highest BCUT2D eigenvalue weighted by Gasteiger charge is 2.13. The molecule has 0 amide bonds. The van der Waals surface area contributed by atoms with E-state index in [9.17, 15) is 13.2 Å². The van der Waals surface area contributed by atoms with E-state index in [0.29, 0.717) is 5.56 Å². The van der Waals surface area contributed by atoms with Crippen molar-refractivity contribution in [3.05, 3.63) is 59.4 Å². The molecule has 0 aliphatic heterocycles. The van der Waals surface area contributed by atoms with Crippen LogP contribution in [0.5, 0.6) is 11.5 Å². The molecule has 18 heavy (non-hydrogen) atoms. The van der Waals surface area contributed by atoms with E-state index in [2.05, 4.69) is 0 Å². The summed E-state index contributed by atoms with van der Waals surface area (Å²) in [7, 11) is 0. The lowest BCUT2D eigenvalue weighted by Gasteiger charge is -2.11. The van der Waals surface area contributed by atoms with Crippen molar-refractivity contribution >= 4 is 0 Å². The summed E-state index contributed by atoms with van der Waals surface area (Å²) in [6.07, 6.45) is 0. The van der Waals surface area contributed by atoms with Crippen LogP contribution in [0.1, 0.15) is 5.56 Å². The number of rotatable bonds is 3. The smallest absolute Gasteiger partial charge is 0.167 e. The Morgan fingerprint density at radius 3 is 2.50 bits per heavy atom. The lowest BCUT2D eigenvalue weighted by molar-refractivity contribution is 0.406. The van der Waals surface area contributed by atoms with Gasteiger partial charge in [0.1, 0.15) is 5.82 Å². The number of halogens is 3. The fourth-order valence-corrected chi connectivity index (χ4v) is 1.49. The number of nitrogens with two attached hydrogens (primary N) is 1. The second-order valence-corrected chi connectivity index (χ2v) is 3.61. The van der Waals surface area contributed by atoms with Gasteiger partial charge in [-0.3, -0.25) is 0 Å². The maximum absolute atomic E-state index is 13.6. The molecule has 0 radical (unpaired) electrons. The zero-order chi connectivity index (χ0) is 13.1. The van der Waals surface area contributed by atoms with Crippen LogP contribution in [0.2, 0.25) is 0 Å². The highest BCUT2D eigenvalue weighted by atomic mass is 19.1. The molecule has 0 heterocycles. The molecule has 0 saturated carbocycles. The zero-order valence-electron chi connectivity index (χ0n) is 9.29. The molecule has 2 aromatic rings. The third kappa shape index (κ3) is 2.46. The maximum atomic E-state index is 13.6. The van der Waals surface area contributed by atoms with Crippen LogP contribution in [0, 0.1) is 17.5 Å². The fourth-order valence-electron chi connectivity index (χ4n) is 1.49. The molecule has 0 spiro atoms. The van der Waals surface area contributed by atoms with Crippen molar-refractivity contribution in [2.45, 2.75) is 6.54 Å². The van der Waals surface area contributed by atoms with Crippen molar-refractivity contribution in [1.82, 2.24) is 0 Å². The first-order valence-electron chi connectivity index (χ1n) is 5.22. The van der Waals surface area contributed by atoms with Crippen molar-refractivity contribution in [3.8, 4) is 11.5 Å². The Balaban J connectivity index is 2.42. The van der Waals surface area contributed by atoms with E-state index in [-0.39, 0.29) is 18.0 Å². The SMILES string of the molecule is NCc1cccc(F)c1Oc1cc(F)ccc1F. The van der Waals surface area contributed by atoms with Gasteiger partial charge in [0.15, 0.2) is 23.1 Å². The van der Waals surface area contributed by atoms with Crippen LogP contribution in [0.15, 0.2) is 36.4 Å². The van der Waals surface area contributed by atoms with Gasteiger partial charge >= 0.3 is 0 Å². The van der Waals surface area contributed by atoms with Gasteiger partial charge in [-0.25, -0.2) is 13.2 Å². The molecule has 2 aromatic carbocycles. The van der Waals surface area contributed by atoms with E-state index in [0.717, 1.165) is 24.3 Å². The van der Waals surface area contributed by atoms with Gasteiger partial charge in [-0.1, -0.05) is 12.1 Å².